The summed E-state index contributed by atoms with van der Waals surface area (Å²) in [5.41, 5.74) is 7.84. The van der Waals surface area contributed by atoms with Crippen LogP contribution in [0, 0.1) is 0 Å². The predicted octanol–water partition coefficient (Wildman–Crippen LogP) is 2.10. The summed E-state index contributed by atoms with van der Waals surface area (Å²) >= 11 is 0. The van der Waals surface area contributed by atoms with Gasteiger partial charge in [0.15, 0.2) is 0 Å². The molecule has 0 saturated heterocycles. The lowest BCUT2D eigenvalue weighted by Gasteiger charge is -2.20. The lowest BCUT2D eigenvalue weighted by atomic mass is 10.2. The zero-order chi connectivity index (χ0) is 14.4. The van der Waals surface area contributed by atoms with Gasteiger partial charge in [0.2, 0.25) is 0 Å². The van der Waals surface area contributed by atoms with Gasteiger partial charge in [-0.2, -0.15) is 5.10 Å². The molecule has 0 unspecified atom stereocenters. The molecule has 0 aromatic carbocycles. The van der Waals surface area contributed by atoms with Crippen LogP contribution in [0.1, 0.15) is 39.3 Å². The molecule has 0 amide bonds. The molecule has 5 nitrogen and oxygen atoms in total. The summed E-state index contributed by atoms with van der Waals surface area (Å²) in [6.45, 7) is 8.60. The third-order valence-corrected chi connectivity index (χ3v) is 3.61. The summed E-state index contributed by atoms with van der Waals surface area (Å²) < 4.78 is 1.84. The number of hydrogen-bond acceptors (Lipinski definition) is 4. The van der Waals surface area contributed by atoms with E-state index in [9.17, 15) is 0 Å². The van der Waals surface area contributed by atoms with E-state index in [0.717, 1.165) is 43.1 Å². The Balaban J connectivity index is 2.32. The maximum atomic E-state index is 6.06. The first kappa shape index (κ1) is 15.8. The van der Waals surface area contributed by atoms with E-state index in [4.69, 9.17) is 5.73 Å². The molecule has 0 bridgehead atoms. The fraction of sp³-hybridized carbons (Fsp3) is 0.786. The van der Waals surface area contributed by atoms with Gasteiger partial charge in [-0.3, -0.25) is 4.68 Å². The van der Waals surface area contributed by atoms with E-state index < -0.39 is 0 Å². The molecule has 0 aliphatic rings. The minimum atomic E-state index is 0.618. The molecule has 0 spiro atoms. The first-order valence-electron chi connectivity index (χ1n) is 7.22. The molecule has 0 aliphatic carbocycles. The Bertz CT molecular complexity index is 383. The topological polar surface area (TPSA) is 59.1 Å². The average Bonchev–Trinajstić information content (AvgIpc) is 2.64. The number of anilines is 2. The monoisotopic (exact) mass is 267 g/mol. The van der Waals surface area contributed by atoms with Gasteiger partial charge in [-0.1, -0.05) is 6.92 Å². The number of nitrogens with one attached hydrogen (secondary N) is 1. The van der Waals surface area contributed by atoms with Gasteiger partial charge in [-0.15, -0.1) is 0 Å². The van der Waals surface area contributed by atoms with Gasteiger partial charge >= 0.3 is 0 Å². The number of hydrogen-bond donors (Lipinski definition) is 2. The van der Waals surface area contributed by atoms with Gasteiger partial charge in [0.25, 0.3) is 0 Å². The number of aryl methyl sites for hydroxylation is 2. The molecule has 1 aromatic heterocycles. The third kappa shape index (κ3) is 4.42. The lowest BCUT2D eigenvalue weighted by molar-refractivity contribution is 0.269. The predicted molar refractivity (Wildman–Crippen MR) is 82.5 cm³/mol. The van der Waals surface area contributed by atoms with Crippen molar-refractivity contribution in [2.45, 2.75) is 46.1 Å². The van der Waals surface area contributed by atoms with Crippen LogP contribution in [0.5, 0.6) is 0 Å². The van der Waals surface area contributed by atoms with Gasteiger partial charge in [0, 0.05) is 19.6 Å². The van der Waals surface area contributed by atoms with E-state index >= 15 is 0 Å². The van der Waals surface area contributed by atoms with Crippen LogP contribution >= 0.6 is 0 Å². The number of rotatable bonds is 8. The lowest BCUT2D eigenvalue weighted by Crippen LogP contribution is -2.27. The molecular weight excluding hydrogens is 238 g/mol. The van der Waals surface area contributed by atoms with E-state index in [0.29, 0.717) is 6.04 Å². The second-order valence-electron chi connectivity index (χ2n) is 5.39. The molecular formula is C14H29N5. The Morgan fingerprint density at radius 3 is 2.58 bits per heavy atom. The van der Waals surface area contributed by atoms with Crippen LogP contribution in [0.3, 0.4) is 0 Å². The Morgan fingerprint density at radius 1 is 1.37 bits per heavy atom. The molecule has 1 heterocycles. The summed E-state index contributed by atoms with van der Waals surface area (Å²) in [5, 5.41) is 7.80. The first-order chi connectivity index (χ1) is 8.97. The highest BCUT2D eigenvalue weighted by Gasteiger charge is 2.10. The zero-order valence-electron chi connectivity index (χ0n) is 13.0. The van der Waals surface area contributed by atoms with Gasteiger partial charge in [-0.05, 0) is 46.7 Å². The number of nitrogens with zero attached hydrogens (tertiary/aromatic N) is 3. The normalized spacial score (nSPS) is 11.5. The van der Waals surface area contributed by atoms with Crippen molar-refractivity contribution in [2.24, 2.45) is 7.05 Å². The van der Waals surface area contributed by atoms with Gasteiger partial charge < -0.3 is 16.0 Å². The highest BCUT2D eigenvalue weighted by Crippen LogP contribution is 2.22. The fourth-order valence-corrected chi connectivity index (χ4v) is 2.02. The summed E-state index contributed by atoms with van der Waals surface area (Å²) in [5.74, 6) is 0.953. The van der Waals surface area contributed by atoms with Crippen LogP contribution in [0.25, 0.3) is 0 Å². The number of nitrogen functional groups attached to an aromatic ring is 1. The Morgan fingerprint density at radius 2 is 2.05 bits per heavy atom. The van der Waals surface area contributed by atoms with Crippen LogP contribution < -0.4 is 11.1 Å². The fourth-order valence-electron chi connectivity index (χ4n) is 2.02. The SMILES string of the molecule is CCc1nn(C)c(NCCCCN(C)C(C)C)c1N. The van der Waals surface area contributed by atoms with Crippen LogP contribution in [-0.2, 0) is 13.5 Å². The van der Waals surface area contributed by atoms with Gasteiger partial charge in [0.1, 0.15) is 5.82 Å². The third-order valence-electron chi connectivity index (χ3n) is 3.61. The number of aromatic nitrogens is 2. The van der Waals surface area contributed by atoms with E-state index in [1.54, 1.807) is 0 Å². The minimum Gasteiger partial charge on any atom is -0.394 e. The second kappa shape index (κ2) is 7.38. The largest absolute Gasteiger partial charge is 0.394 e. The molecule has 0 saturated carbocycles. The quantitative estimate of drug-likeness (QED) is 0.708. The van der Waals surface area contributed by atoms with Crippen LogP contribution in [0.15, 0.2) is 0 Å². The van der Waals surface area contributed by atoms with Crippen LogP contribution in [0.2, 0.25) is 0 Å². The summed E-state index contributed by atoms with van der Waals surface area (Å²) in [4.78, 5) is 2.37. The standard InChI is InChI=1S/C14H29N5/c1-6-12-13(15)14(19(5)17-12)16-9-7-8-10-18(4)11(2)3/h11,16H,6-10,15H2,1-5H3. The zero-order valence-corrected chi connectivity index (χ0v) is 13.0. The second-order valence-corrected chi connectivity index (χ2v) is 5.39. The average molecular weight is 267 g/mol. The van der Waals surface area contributed by atoms with Crippen LogP contribution in [0.4, 0.5) is 11.5 Å². The maximum Gasteiger partial charge on any atom is 0.147 e. The van der Waals surface area contributed by atoms with Crippen molar-refractivity contribution in [3.63, 3.8) is 0 Å². The van der Waals surface area contributed by atoms with Crippen molar-refractivity contribution >= 4 is 11.5 Å². The molecule has 3 N–H and O–H groups in total. The molecule has 19 heavy (non-hydrogen) atoms. The van der Waals surface area contributed by atoms with E-state index in [2.05, 4.69) is 43.1 Å². The summed E-state index contributed by atoms with van der Waals surface area (Å²) in [7, 11) is 4.11. The molecule has 5 heteroatoms. The molecule has 0 radical (unpaired) electrons. The molecule has 1 rings (SSSR count). The molecule has 1 aromatic rings. The molecule has 0 fully saturated rings. The highest BCUT2D eigenvalue weighted by atomic mass is 15.3. The number of nitrogens with two attached hydrogens (primary N) is 1. The minimum absolute atomic E-state index is 0.618. The van der Waals surface area contributed by atoms with Crippen molar-refractivity contribution in [1.29, 1.82) is 0 Å². The maximum absolute atomic E-state index is 6.06. The summed E-state index contributed by atoms with van der Waals surface area (Å²) in [6, 6.07) is 0.618. The Labute approximate surface area is 117 Å². The van der Waals surface area contributed by atoms with Crippen molar-refractivity contribution in [3.05, 3.63) is 5.69 Å². The van der Waals surface area contributed by atoms with Gasteiger partial charge in [-0.25, -0.2) is 0 Å². The molecule has 0 aliphatic heterocycles. The molecule has 110 valence electrons. The smallest absolute Gasteiger partial charge is 0.147 e. The Hall–Kier alpha value is -1.23. The highest BCUT2D eigenvalue weighted by molar-refractivity contribution is 5.64. The van der Waals surface area contributed by atoms with Crippen molar-refractivity contribution in [3.8, 4) is 0 Å². The van der Waals surface area contributed by atoms with E-state index in [1.165, 1.54) is 6.42 Å². The van der Waals surface area contributed by atoms with E-state index in [-0.39, 0.29) is 0 Å². The summed E-state index contributed by atoms with van der Waals surface area (Å²) in [6.07, 6.45) is 3.21. The van der Waals surface area contributed by atoms with Crippen molar-refractivity contribution in [1.82, 2.24) is 14.7 Å². The van der Waals surface area contributed by atoms with Crippen molar-refractivity contribution < 1.29 is 0 Å². The molecule has 0 atom stereocenters. The Kier molecular flexibility index (Phi) is 6.15. The number of unbranched alkanes of at least 4 members (excludes halogenated alkanes) is 1. The van der Waals surface area contributed by atoms with Gasteiger partial charge in [0.05, 0.1) is 11.4 Å². The van der Waals surface area contributed by atoms with Crippen LogP contribution in [-0.4, -0.2) is 40.9 Å². The van der Waals surface area contributed by atoms with E-state index in [1.807, 2.05) is 11.7 Å². The van der Waals surface area contributed by atoms with Crippen molar-refractivity contribution in [2.75, 3.05) is 31.2 Å². The first-order valence-corrected chi connectivity index (χ1v) is 7.22.